The topological polar surface area (TPSA) is 75.6 Å². The van der Waals surface area contributed by atoms with Gasteiger partial charge in [0.05, 0.1) is 16.9 Å². The van der Waals surface area contributed by atoms with Crippen LogP contribution in [0.1, 0.15) is 30.5 Å². The zero-order chi connectivity index (χ0) is 17.5. The van der Waals surface area contributed by atoms with E-state index in [4.69, 9.17) is 9.84 Å². The second-order valence-corrected chi connectivity index (χ2v) is 6.17. The molecule has 0 heterocycles. The molecule has 1 unspecified atom stereocenters. The van der Waals surface area contributed by atoms with Gasteiger partial charge in [0.25, 0.3) is 0 Å². The Hall–Kier alpha value is -2.34. The van der Waals surface area contributed by atoms with Crippen molar-refractivity contribution in [2.45, 2.75) is 26.0 Å². The number of halogens is 1. The average Bonchev–Trinajstić information content (AvgIpc) is 2.53. The molecule has 0 aromatic heterocycles. The molecule has 2 rings (SSSR count). The van der Waals surface area contributed by atoms with Gasteiger partial charge in [-0.1, -0.05) is 36.4 Å². The molecular formula is C18H18BrNO4. The number of aliphatic carboxylic acids is 1. The molecule has 1 atom stereocenters. The Kier molecular flexibility index (Phi) is 6.37. The van der Waals surface area contributed by atoms with Crippen LogP contribution in [-0.2, 0) is 16.2 Å². The molecule has 0 saturated carbocycles. The first-order chi connectivity index (χ1) is 11.5. The van der Waals surface area contributed by atoms with E-state index >= 15 is 0 Å². The zero-order valence-electron chi connectivity index (χ0n) is 13.2. The van der Waals surface area contributed by atoms with Crippen LogP contribution in [-0.4, -0.2) is 17.0 Å². The van der Waals surface area contributed by atoms with Gasteiger partial charge in [-0.3, -0.25) is 9.59 Å². The molecule has 0 spiro atoms. The molecule has 0 aliphatic carbocycles. The fraction of sp³-hybridized carbons (Fsp3) is 0.222. The minimum atomic E-state index is -0.978. The van der Waals surface area contributed by atoms with E-state index in [0.717, 1.165) is 5.56 Å². The Morgan fingerprint density at radius 3 is 2.50 bits per heavy atom. The first kappa shape index (κ1) is 18.0. The average molecular weight is 392 g/mol. The quantitative estimate of drug-likeness (QED) is 0.754. The molecule has 0 fully saturated rings. The Morgan fingerprint density at radius 2 is 1.92 bits per heavy atom. The molecule has 126 valence electrons. The number of carbonyl (C=O) groups excluding carboxylic acids is 1. The second-order valence-electron chi connectivity index (χ2n) is 5.32. The lowest BCUT2D eigenvalue weighted by Crippen LogP contribution is -2.28. The lowest BCUT2D eigenvalue weighted by atomic mass is 10.0. The van der Waals surface area contributed by atoms with Gasteiger partial charge in [-0.25, -0.2) is 0 Å². The Morgan fingerprint density at radius 1 is 1.21 bits per heavy atom. The summed E-state index contributed by atoms with van der Waals surface area (Å²) < 4.78 is 6.47. The lowest BCUT2D eigenvalue weighted by molar-refractivity contribution is -0.137. The minimum Gasteiger partial charge on any atom is -0.488 e. The summed E-state index contributed by atoms with van der Waals surface area (Å²) in [5.41, 5.74) is 1.75. The van der Waals surface area contributed by atoms with E-state index in [9.17, 15) is 9.59 Å². The van der Waals surface area contributed by atoms with Gasteiger partial charge in [-0.15, -0.1) is 0 Å². The van der Waals surface area contributed by atoms with Crippen LogP contribution < -0.4 is 10.1 Å². The first-order valence-corrected chi connectivity index (χ1v) is 8.20. The number of benzene rings is 2. The smallest absolute Gasteiger partial charge is 0.305 e. The molecule has 0 radical (unpaired) electrons. The van der Waals surface area contributed by atoms with Crippen molar-refractivity contribution in [2.24, 2.45) is 0 Å². The number of nitrogens with one attached hydrogen (secondary N) is 1. The van der Waals surface area contributed by atoms with Crippen molar-refractivity contribution in [3.8, 4) is 5.75 Å². The predicted octanol–water partition coefficient (Wildman–Crippen LogP) is 3.68. The molecule has 2 N–H and O–H groups in total. The maximum atomic E-state index is 11.3. The summed E-state index contributed by atoms with van der Waals surface area (Å²) in [4.78, 5) is 22.3. The van der Waals surface area contributed by atoms with Gasteiger partial charge in [0.2, 0.25) is 5.91 Å². The number of carboxylic acids is 1. The van der Waals surface area contributed by atoms with E-state index in [2.05, 4.69) is 21.2 Å². The molecule has 2 aromatic carbocycles. The Labute approximate surface area is 148 Å². The van der Waals surface area contributed by atoms with E-state index in [0.29, 0.717) is 22.4 Å². The molecular weight excluding hydrogens is 374 g/mol. The first-order valence-electron chi connectivity index (χ1n) is 7.41. The molecule has 5 nitrogen and oxygen atoms in total. The van der Waals surface area contributed by atoms with E-state index in [-0.39, 0.29) is 12.3 Å². The molecule has 0 aliphatic rings. The van der Waals surface area contributed by atoms with E-state index in [1.165, 1.54) is 6.92 Å². The number of hydrogen-bond acceptors (Lipinski definition) is 3. The zero-order valence-corrected chi connectivity index (χ0v) is 14.7. The van der Waals surface area contributed by atoms with Crippen molar-refractivity contribution < 1.29 is 19.4 Å². The van der Waals surface area contributed by atoms with Crippen molar-refractivity contribution >= 4 is 27.8 Å². The highest BCUT2D eigenvalue weighted by atomic mass is 79.9. The highest BCUT2D eigenvalue weighted by Crippen LogP contribution is 2.30. The lowest BCUT2D eigenvalue weighted by Gasteiger charge is -2.18. The summed E-state index contributed by atoms with van der Waals surface area (Å²) in [6.07, 6.45) is -0.184. The fourth-order valence-electron chi connectivity index (χ4n) is 2.26. The SMILES string of the molecule is CC(=O)NC(CC(=O)O)c1ccc(OCc2ccccc2)c(Br)c1. The van der Waals surface area contributed by atoms with Crippen LogP contribution in [0.4, 0.5) is 0 Å². The molecule has 6 heteroatoms. The van der Waals surface area contributed by atoms with Crippen LogP contribution >= 0.6 is 15.9 Å². The monoisotopic (exact) mass is 391 g/mol. The van der Waals surface area contributed by atoms with Crippen LogP contribution in [0.3, 0.4) is 0 Å². The number of carbonyl (C=O) groups is 2. The van der Waals surface area contributed by atoms with Crippen molar-refractivity contribution in [2.75, 3.05) is 0 Å². The third kappa shape index (κ3) is 5.38. The molecule has 2 aromatic rings. The van der Waals surface area contributed by atoms with Gasteiger partial charge in [-0.2, -0.15) is 0 Å². The van der Waals surface area contributed by atoms with E-state index in [1.807, 2.05) is 30.3 Å². The highest BCUT2D eigenvalue weighted by Gasteiger charge is 2.18. The fourth-order valence-corrected chi connectivity index (χ4v) is 2.77. The van der Waals surface area contributed by atoms with Crippen molar-refractivity contribution in [3.05, 3.63) is 64.1 Å². The molecule has 0 saturated heterocycles. The number of ether oxygens (including phenoxy) is 1. The summed E-state index contributed by atoms with van der Waals surface area (Å²) >= 11 is 3.44. The van der Waals surface area contributed by atoms with Gasteiger partial charge in [-0.05, 0) is 39.2 Å². The van der Waals surface area contributed by atoms with Gasteiger partial charge < -0.3 is 15.2 Å². The summed E-state index contributed by atoms with van der Waals surface area (Å²) in [6.45, 7) is 1.80. The summed E-state index contributed by atoms with van der Waals surface area (Å²) in [5, 5.41) is 11.7. The maximum Gasteiger partial charge on any atom is 0.305 e. The standard InChI is InChI=1S/C18H18BrNO4/c1-12(21)20-16(10-18(22)23)14-7-8-17(15(19)9-14)24-11-13-5-3-2-4-6-13/h2-9,16H,10-11H2,1H3,(H,20,21)(H,22,23). The summed E-state index contributed by atoms with van der Waals surface area (Å²) in [5.74, 6) is -0.601. The maximum absolute atomic E-state index is 11.3. The van der Waals surface area contributed by atoms with Crippen LogP contribution in [0.5, 0.6) is 5.75 Å². The number of amides is 1. The van der Waals surface area contributed by atoms with Gasteiger partial charge in [0, 0.05) is 6.92 Å². The van der Waals surface area contributed by atoms with Crippen molar-refractivity contribution in [3.63, 3.8) is 0 Å². The Balaban J connectivity index is 2.11. The van der Waals surface area contributed by atoms with Crippen LogP contribution in [0, 0.1) is 0 Å². The third-order valence-electron chi connectivity index (χ3n) is 3.35. The largest absolute Gasteiger partial charge is 0.488 e. The van der Waals surface area contributed by atoms with Gasteiger partial charge in [0.15, 0.2) is 0 Å². The summed E-state index contributed by atoms with van der Waals surface area (Å²) in [6, 6.07) is 14.5. The van der Waals surface area contributed by atoms with Crippen LogP contribution in [0.25, 0.3) is 0 Å². The highest BCUT2D eigenvalue weighted by molar-refractivity contribution is 9.10. The van der Waals surface area contributed by atoms with Gasteiger partial charge >= 0.3 is 5.97 Å². The predicted molar refractivity (Wildman–Crippen MR) is 93.7 cm³/mol. The van der Waals surface area contributed by atoms with Crippen LogP contribution in [0.15, 0.2) is 53.0 Å². The van der Waals surface area contributed by atoms with Crippen LogP contribution in [0.2, 0.25) is 0 Å². The molecule has 24 heavy (non-hydrogen) atoms. The number of carboxylic acid groups (broad SMARTS) is 1. The van der Waals surface area contributed by atoms with Gasteiger partial charge in [0.1, 0.15) is 12.4 Å². The molecule has 0 bridgehead atoms. The second kappa shape index (κ2) is 8.49. The molecule has 0 aliphatic heterocycles. The normalized spacial score (nSPS) is 11.6. The van der Waals surface area contributed by atoms with E-state index < -0.39 is 12.0 Å². The summed E-state index contributed by atoms with van der Waals surface area (Å²) in [7, 11) is 0. The molecule has 1 amide bonds. The van der Waals surface area contributed by atoms with Crippen molar-refractivity contribution in [1.29, 1.82) is 0 Å². The Bertz CT molecular complexity index is 702. The number of hydrogen-bond donors (Lipinski definition) is 2. The number of rotatable bonds is 7. The van der Waals surface area contributed by atoms with E-state index in [1.54, 1.807) is 18.2 Å². The third-order valence-corrected chi connectivity index (χ3v) is 3.97. The van der Waals surface area contributed by atoms with Crippen molar-refractivity contribution in [1.82, 2.24) is 5.32 Å². The minimum absolute atomic E-state index is 0.184.